The summed E-state index contributed by atoms with van der Waals surface area (Å²) in [6, 6.07) is 10.3. The highest BCUT2D eigenvalue weighted by Gasteiger charge is 2.16. The second kappa shape index (κ2) is 7.03. The summed E-state index contributed by atoms with van der Waals surface area (Å²) in [5, 5.41) is 11.7. The van der Waals surface area contributed by atoms with Gasteiger partial charge in [-0.3, -0.25) is 0 Å². The van der Waals surface area contributed by atoms with Crippen molar-refractivity contribution in [1.82, 2.24) is 0 Å². The molecule has 0 amide bonds. The predicted octanol–water partition coefficient (Wildman–Crippen LogP) is 3.30. The lowest BCUT2D eigenvalue weighted by Gasteiger charge is -2.27. The third kappa shape index (κ3) is 3.72. The standard InChI is InChI=1S/C17H21NO3S/c1-13(19)6-7-18(12-15-3-2-10-22-15)14-4-5-16-17(11-14)21-9-8-20-16/h2-5,10-11,13,19H,6-9,12H2,1H3/t13-/m1/s1. The smallest absolute Gasteiger partial charge is 0.163 e. The SMILES string of the molecule is C[C@@H](O)CCN(Cc1cccs1)c1ccc2c(c1)OCCO2. The van der Waals surface area contributed by atoms with Crippen molar-refractivity contribution in [1.29, 1.82) is 0 Å². The van der Waals surface area contributed by atoms with Gasteiger partial charge in [0.05, 0.1) is 12.6 Å². The quantitative estimate of drug-likeness (QED) is 0.887. The van der Waals surface area contributed by atoms with Crippen molar-refractivity contribution in [3.63, 3.8) is 0 Å². The molecule has 0 aliphatic carbocycles. The molecular formula is C17H21NO3S. The lowest BCUT2D eigenvalue weighted by atomic mass is 10.2. The van der Waals surface area contributed by atoms with Crippen molar-refractivity contribution < 1.29 is 14.6 Å². The number of hydrogen-bond acceptors (Lipinski definition) is 5. The molecule has 2 aromatic rings. The van der Waals surface area contributed by atoms with Crippen LogP contribution in [0.4, 0.5) is 5.69 Å². The van der Waals surface area contributed by atoms with Gasteiger partial charge in [-0.2, -0.15) is 0 Å². The van der Waals surface area contributed by atoms with Crippen LogP contribution < -0.4 is 14.4 Å². The van der Waals surface area contributed by atoms with E-state index in [1.807, 2.05) is 19.1 Å². The fourth-order valence-electron chi connectivity index (χ4n) is 2.46. The highest BCUT2D eigenvalue weighted by atomic mass is 32.1. The number of rotatable bonds is 6. The largest absolute Gasteiger partial charge is 0.486 e. The number of hydrogen-bond donors (Lipinski definition) is 1. The van der Waals surface area contributed by atoms with Crippen LogP contribution in [-0.2, 0) is 6.54 Å². The molecule has 3 rings (SSSR count). The molecule has 1 aromatic carbocycles. The number of aliphatic hydroxyl groups is 1. The normalized spacial score (nSPS) is 14.6. The van der Waals surface area contributed by atoms with Gasteiger partial charge < -0.3 is 19.5 Å². The minimum atomic E-state index is -0.303. The van der Waals surface area contributed by atoms with E-state index in [9.17, 15) is 5.11 Å². The van der Waals surface area contributed by atoms with E-state index >= 15 is 0 Å². The van der Waals surface area contributed by atoms with Crippen LogP contribution in [0.1, 0.15) is 18.2 Å². The Hall–Kier alpha value is -1.72. The second-order valence-corrected chi connectivity index (χ2v) is 6.50. The summed E-state index contributed by atoms with van der Waals surface area (Å²) in [6.07, 6.45) is 0.433. The average molecular weight is 319 g/mol. The Morgan fingerprint density at radius 1 is 1.23 bits per heavy atom. The fraction of sp³-hybridized carbons (Fsp3) is 0.412. The highest BCUT2D eigenvalue weighted by Crippen LogP contribution is 2.34. The number of aliphatic hydroxyl groups excluding tert-OH is 1. The Bertz CT molecular complexity index is 598. The number of fused-ring (bicyclic) bond motifs is 1. The van der Waals surface area contributed by atoms with Crippen molar-refractivity contribution in [2.24, 2.45) is 0 Å². The highest BCUT2D eigenvalue weighted by molar-refractivity contribution is 7.09. The average Bonchev–Trinajstić information content (AvgIpc) is 3.04. The van der Waals surface area contributed by atoms with Gasteiger partial charge in [0.25, 0.3) is 0 Å². The molecule has 0 bridgehead atoms. The number of ether oxygens (including phenoxy) is 2. The first-order valence-electron chi connectivity index (χ1n) is 7.57. The second-order valence-electron chi connectivity index (χ2n) is 5.47. The molecule has 1 atom stereocenters. The van der Waals surface area contributed by atoms with Crippen LogP contribution in [0.15, 0.2) is 35.7 Å². The van der Waals surface area contributed by atoms with E-state index in [1.54, 1.807) is 11.3 Å². The first kappa shape index (κ1) is 15.2. The fourth-order valence-corrected chi connectivity index (χ4v) is 3.18. The van der Waals surface area contributed by atoms with Crippen LogP contribution in [0, 0.1) is 0 Å². The van der Waals surface area contributed by atoms with Crippen LogP contribution in [0.5, 0.6) is 11.5 Å². The molecule has 1 aliphatic heterocycles. The molecular weight excluding hydrogens is 298 g/mol. The van der Waals surface area contributed by atoms with Crippen molar-refractivity contribution in [3.05, 3.63) is 40.6 Å². The summed E-state index contributed by atoms with van der Waals surface area (Å²) < 4.78 is 11.3. The minimum Gasteiger partial charge on any atom is -0.486 e. The topological polar surface area (TPSA) is 41.9 Å². The Balaban J connectivity index is 1.80. The van der Waals surface area contributed by atoms with E-state index in [0.29, 0.717) is 13.2 Å². The van der Waals surface area contributed by atoms with E-state index < -0.39 is 0 Å². The Kier molecular flexibility index (Phi) is 4.85. The molecule has 1 aromatic heterocycles. The third-order valence-corrected chi connectivity index (χ3v) is 4.50. The summed E-state index contributed by atoms with van der Waals surface area (Å²) in [6.45, 7) is 4.66. The summed E-state index contributed by atoms with van der Waals surface area (Å²) in [5.41, 5.74) is 1.10. The van der Waals surface area contributed by atoms with Gasteiger partial charge in [-0.05, 0) is 36.9 Å². The summed E-state index contributed by atoms with van der Waals surface area (Å²) in [5.74, 6) is 1.61. The van der Waals surface area contributed by atoms with E-state index in [2.05, 4.69) is 28.5 Å². The summed E-state index contributed by atoms with van der Waals surface area (Å²) >= 11 is 1.75. The zero-order chi connectivity index (χ0) is 15.4. The lowest BCUT2D eigenvalue weighted by Crippen LogP contribution is -2.26. The van der Waals surface area contributed by atoms with E-state index in [1.165, 1.54) is 4.88 Å². The molecule has 2 heterocycles. The molecule has 0 saturated heterocycles. The van der Waals surface area contributed by atoms with Crippen molar-refractivity contribution in [2.45, 2.75) is 26.0 Å². The number of thiophene rings is 1. The molecule has 1 aliphatic rings. The monoisotopic (exact) mass is 319 g/mol. The zero-order valence-electron chi connectivity index (χ0n) is 12.7. The van der Waals surface area contributed by atoms with Gasteiger partial charge in [-0.1, -0.05) is 6.07 Å². The molecule has 22 heavy (non-hydrogen) atoms. The van der Waals surface area contributed by atoms with E-state index in [-0.39, 0.29) is 6.10 Å². The van der Waals surface area contributed by atoms with Crippen LogP contribution >= 0.6 is 11.3 Å². The maximum Gasteiger partial charge on any atom is 0.163 e. The van der Waals surface area contributed by atoms with Crippen molar-refractivity contribution in [3.8, 4) is 11.5 Å². The van der Waals surface area contributed by atoms with Gasteiger partial charge in [0.2, 0.25) is 0 Å². The van der Waals surface area contributed by atoms with Crippen LogP contribution in [0.2, 0.25) is 0 Å². The Morgan fingerprint density at radius 2 is 2.05 bits per heavy atom. The molecule has 1 N–H and O–H groups in total. The summed E-state index contributed by atoms with van der Waals surface area (Å²) in [7, 11) is 0. The van der Waals surface area contributed by atoms with E-state index in [4.69, 9.17) is 9.47 Å². The van der Waals surface area contributed by atoms with Crippen molar-refractivity contribution in [2.75, 3.05) is 24.7 Å². The Labute approximate surface area is 134 Å². The summed E-state index contributed by atoms with van der Waals surface area (Å²) in [4.78, 5) is 3.58. The maximum atomic E-state index is 9.60. The van der Waals surface area contributed by atoms with Gasteiger partial charge in [-0.25, -0.2) is 0 Å². The van der Waals surface area contributed by atoms with Crippen LogP contribution in [0.25, 0.3) is 0 Å². The zero-order valence-corrected chi connectivity index (χ0v) is 13.5. The Morgan fingerprint density at radius 3 is 2.77 bits per heavy atom. The minimum absolute atomic E-state index is 0.303. The van der Waals surface area contributed by atoms with Crippen LogP contribution in [-0.4, -0.2) is 31.0 Å². The maximum absolute atomic E-state index is 9.60. The lowest BCUT2D eigenvalue weighted by molar-refractivity contribution is 0.171. The van der Waals surface area contributed by atoms with Gasteiger partial charge in [0, 0.05) is 23.2 Å². The number of anilines is 1. The third-order valence-electron chi connectivity index (χ3n) is 3.63. The molecule has 118 valence electrons. The van der Waals surface area contributed by atoms with Crippen LogP contribution in [0.3, 0.4) is 0 Å². The van der Waals surface area contributed by atoms with Gasteiger partial charge in [-0.15, -0.1) is 11.3 Å². The first-order chi connectivity index (χ1) is 10.7. The predicted molar refractivity (Wildman–Crippen MR) is 89.1 cm³/mol. The van der Waals surface area contributed by atoms with E-state index in [0.717, 1.165) is 36.7 Å². The molecule has 0 fully saturated rings. The molecule has 0 saturated carbocycles. The molecule has 0 spiro atoms. The molecule has 0 radical (unpaired) electrons. The number of benzene rings is 1. The molecule has 4 nitrogen and oxygen atoms in total. The number of nitrogens with zero attached hydrogens (tertiary/aromatic N) is 1. The van der Waals surface area contributed by atoms with Gasteiger partial charge in [0.15, 0.2) is 11.5 Å². The van der Waals surface area contributed by atoms with Crippen molar-refractivity contribution >= 4 is 17.0 Å². The molecule has 5 heteroatoms. The first-order valence-corrected chi connectivity index (χ1v) is 8.45. The van der Waals surface area contributed by atoms with Gasteiger partial charge in [0.1, 0.15) is 13.2 Å². The van der Waals surface area contributed by atoms with Gasteiger partial charge >= 0.3 is 0 Å². The molecule has 0 unspecified atom stereocenters.